The Labute approximate surface area is 116 Å². The second kappa shape index (κ2) is 4.75. The van der Waals surface area contributed by atoms with Gasteiger partial charge in [0.1, 0.15) is 0 Å². The lowest BCUT2D eigenvalue weighted by molar-refractivity contribution is 1.15. The summed E-state index contributed by atoms with van der Waals surface area (Å²) in [6.45, 7) is 2.12. The molecule has 2 aromatic carbocycles. The van der Waals surface area contributed by atoms with Gasteiger partial charge in [0.15, 0.2) is 0 Å². The Morgan fingerprint density at radius 3 is 2.50 bits per heavy atom. The van der Waals surface area contributed by atoms with Gasteiger partial charge in [-0.2, -0.15) is 11.3 Å². The fourth-order valence-corrected chi connectivity index (χ4v) is 3.65. The van der Waals surface area contributed by atoms with E-state index in [0.717, 1.165) is 0 Å². The lowest BCUT2D eigenvalue weighted by atomic mass is 9.98. The maximum Gasteiger partial charge on any atom is 0.0852 e. The van der Waals surface area contributed by atoms with Gasteiger partial charge >= 0.3 is 0 Å². The molecule has 0 aliphatic heterocycles. The van der Waals surface area contributed by atoms with E-state index in [-0.39, 0.29) is 5.38 Å². The van der Waals surface area contributed by atoms with Gasteiger partial charge in [0.05, 0.1) is 5.38 Å². The van der Waals surface area contributed by atoms with Crippen LogP contribution in [0, 0.1) is 6.92 Å². The van der Waals surface area contributed by atoms with Crippen LogP contribution < -0.4 is 0 Å². The Kier molecular flexibility index (Phi) is 3.11. The zero-order valence-electron chi connectivity index (χ0n) is 10.1. The summed E-state index contributed by atoms with van der Waals surface area (Å²) in [5.41, 5.74) is 3.68. The molecule has 1 unspecified atom stereocenters. The molecular weight excluding hydrogens is 260 g/mol. The normalized spacial score (nSPS) is 12.8. The Morgan fingerprint density at radius 2 is 1.72 bits per heavy atom. The van der Waals surface area contributed by atoms with Crippen molar-refractivity contribution in [3.05, 3.63) is 69.9 Å². The largest absolute Gasteiger partial charge is 0.152 e. The van der Waals surface area contributed by atoms with Gasteiger partial charge in [-0.15, -0.1) is 11.6 Å². The van der Waals surface area contributed by atoms with Gasteiger partial charge in [-0.05, 0) is 45.1 Å². The molecule has 3 aromatic rings. The van der Waals surface area contributed by atoms with E-state index in [2.05, 4.69) is 60.1 Å². The molecule has 0 aliphatic carbocycles. The number of fused-ring (bicyclic) bond motifs is 1. The Hall–Kier alpha value is -1.31. The minimum Gasteiger partial charge on any atom is -0.152 e. The first kappa shape index (κ1) is 11.8. The number of hydrogen-bond acceptors (Lipinski definition) is 1. The summed E-state index contributed by atoms with van der Waals surface area (Å²) in [5.74, 6) is 0. The highest BCUT2D eigenvalue weighted by molar-refractivity contribution is 7.08. The van der Waals surface area contributed by atoms with Gasteiger partial charge in [-0.25, -0.2) is 0 Å². The molecule has 2 heteroatoms. The second-order valence-electron chi connectivity index (χ2n) is 4.44. The first-order valence-corrected chi connectivity index (χ1v) is 7.29. The highest BCUT2D eigenvalue weighted by Crippen LogP contribution is 2.36. The average Bonchev–Trinajstić information content (AvgIpc) is 2.83. The molecule has 3 rings (SSSR count). The van der Waals surface area contributed by atoms with Crippen molar-refractivity contribution in [3.63, 3.8) is 0 Å². The lowest BCUT2D eigenvalue weighted by Crippen LogP contribution is -1.94. The lowest BCUT2D eigenvalue weighted by Gasteiger charge is -2.13. The summed E-state index contributed by atoms with van der Waals surface area (Å²) in [7, 11) is 0. The highest BCUT2D eigenvalue weighted by Gasteiger charge is 2.15. The summed E-state index contributed by atoms with van der Waals surface area (Å²) in [4.78, 5) is 0. The zero-order chi connectivity index (χ0) is 12.5. The molecule has 90 valence electrons. The number of alkyl halides is 1. The Morgan fingerprint density at radius 1 is 0.944 bits per heavy atom. The Balaban J connectivity index is 2.18. The maximum absolute atomic E-state index is 6.66. The maximum atomic E-state index is 6.66. The fourth-order valence-electron chi connectivity index (χ4n) is 2.27. The van der Waals surface area contributed by atoms with Crippen LogP contribution in [0.25, 0.3) is 10.8 Å². The van der Waals surface area contributed by atoms with Crippen molar-refractivity contribution < 1.29 is 0 Å². The van der Waals surface area contributed by atoms with E-state index in [1.807, 2.05) is 0 Å². The summed E-state index contributed by atoms with van der Waals surface area (Å²) in [5, 5.41) is 6.71. The van der Waals surface area contributed by atoms with E-state index in [0.29, 0.717) is 0 Å². The topological polar surface area (TPSA) is 0 Å². The van der Waals surface area contributed by atoms with Gasteiger partial charge < -0.3 is 0 Å². The van der Waals surface area contributed by atoms with Crippen LogP contribution >= 0.6 is 22.9 Å². The van der Waals surface area contributed by atoms with Crippen LogP contribution in [0.4, 0.5) is 0 Å². The number of thiophene rings is 1. The van der Waals surface area contributed by atoms with Crippen LogP contribution in [0.15, 0.2) is 53.2 Å². The van der Waals surface area contributed by atoms with E-state index >= 15 is 0 Å². The molecule has 0 bridgehead atoms. The SMILES string of the molecule is Cc1cscc1C(Cl)c1cccc2ccccc12. The van der Waals surface area contributed by atoms with Crippen molar-refractivity contribution in [2.45, 2.75) is 12.3 Å². The molecule has 0 radical (unpaired) electrons. The van der Waals surface area contributed by atoms with Gasteiger partial charge in [-0.1, -0.05) is 42.5 Å². The molecular formula is C16H13ClS. The van der Waals surface area contributed by atoms with Gasteiger partial charge in [-0.3, -0.25) is 0 Å². The van der Waals surface area contributed by atoms with Gasteiger partial charge in [0.2, 0.25) is 0 Å². The second-order valence-corrected chi connectivity index (χ2v) is 5.62. The van der Waals surface area contributed by atoms with E-state index in [4.69, 9.17) is 11.6 Å². The van der Waals surface area contributed by atoms with E-state index in [9.17, 15) is 0 Å². The number of aryl methyl sites for hydroxylation is 1. The summed E-state index contributed by atoms with van der Waals surface area (Å²) in [6.07, 6.45) is 0. The third kappa shape index (κ3) is 1.94. The van der Waals surface area contributed by atoms with Crippen LogP contribution in [-0.4, -0.2) is 0 Å². The van der Waals surface area contributed by atoms with Gasteiger partial charge in [0, 0.05) is 0 Å². The molecule has 1 aromatic heterocycles. The minimum atomic E-state index is -0.0673. The van der Waals surface area contributed by atoms with Crippen molar-refractivity contribution in [2.24, 2.45) is 0 Å². The molecule has 0 fully saturated rings. The first-order valence-electron chi connectivity index (χ1n) is 5.92. The number of rotatable bonds is 2. The van der Waals surface area contributed by atoms with Crippen molar-refractivity contribution in [1.29, 1.82) is 0 Å². The van der Waals surface area contributed by atoms with Crippen molar-refractivity contribution in [2.75, 3.05) is 0 Å². The van der Waals surface area contributed by atoms with E-state index in [1.165, 1.54) is 27.5 Å². The molecule has 0 spiro atoms. The monoisotopic (exact) mass is 272 g/mol. The molecule has 1 atom stereocenters. The zero-order valence-corrected chi connectivity index (χ0v) is 11.6. The Bertz CT molecular complexity index is 679. The summed E-state index contributed by atoms with van der Waals surface area (Å²) in [6, 6.07) is 14.7. The standard InChI is InChI=1S/C16H13ClS/c1-11-9-18-10-15(11)16(17)14-8-4-6-12-5-2-3-7-13(12)14/h2-10,16H,1H3. The first-order chi connectivity index (χ1) is 8.77. The third-order valence-corrected chi connectivity index (χ3v) is 4.61. The smallest absolute Gasteiger partial charge is 0.0852 e. The molecule has 1 heterocycles. The predicted octanol–water partition coefficient (Wildman–Crippen LogP) is 5.54. The third-order valence-electron chi connectivity index (χ3n) is 3.26. The highest BCUT2D eigenvalue weighted by atomic mass is 35.5. The summed E-state index contributed by atoms with van der Waals surface area (Å²) >= 11 is 8.37. The number of hydrogen-bond donors (Lipinski definition) is 0. The van der Waals surface area contributed by atoms with Gasteiger partial charge in [0.25, 0.3) is 0 Å². The van der Waals surface area contributed by atoms with Crippen molar-refractivity contribution in [3.8, 4) is 0 Å². The molecule has 0 amide bonds. The molecule has 0 nitrogen and oxygen atoms in total. The van der Waals surface area contributed by atoms with E-state index < -0.39 is 0 Å². The predicted molar refractivity (Wildman–Crippen MR) is 80.7 cm³/mol. The average molecular weight is 273 g/mol. The number of benzene rings is 2. The quantitative estimate of drug-likeness (QED) is 0.538. The molecule has 18 heavy (non-hydrogen) atoms. The number of halogens is 1. The molecule has 0 saturated heterocycles. The van der Waals surface area contributed by atoms with Crippen LogP contribution in [0.1, 0.15) is 22.1 Å². The van der Waals surface area contributed by atoms with Crippen LogP contribution in [-0.2, 0) is 0 Å². The van der Waals surface area contributed by atoms with Crippen molar-refractivity contribution >= 4 is 33.7 Å². The van der Waals surface area contributed by atoms with Crippen molar-refractivity contribution in [1.82, 2.24) is 0 Å². The molecule has 0 N–H and O–H groups in total. The van der Waals surface area contributed by atoms with Crippen LogP contribution in [0.2, 0.25) is 0 Å². The summed E-state index contributed by atoms with van der Waals surface area (Å²) < 4.78 is 0. The van der Waals surface area contributed by atoms with Crippen LogP contribution in [0.3, 0.4) is 0 Å². The fraction of sp³-hybridized carbons (Fsp3) is 0.125. The molecule has 0 aliphatic rings. The van der Waals surface area contributed by atoms with Crippen LogP contribution in [0.5, 0.6) is 0 Å². The van der Waals surface area contributed by atoms with E-state index in [1.54, 1.807) is 11.3 Å². The molecule has 0 saturated carbocycles. The minimum absolute atomic E-state index is 0.0673.